The van der Waals surface area contributed by atoms with Crippen LogP contribution in [0.2, 0.25) is 0 Å². The molecule has 0 aliphatic heterocycles. The van der Waals surface area contributed by atoms with Gasteiger partial charge in [0.05, 0.1) is 11.0 Å². The van der Waals surface area contributed by atoms with Gasteiger partial charge in [0.15, 0.2) is 0 Å². The average Bonchev–Trinajstić information content (AvgIpc) is 3.39. The Morgan fingerprint density at radius 2 is 1.92 bits per heavy atom. The summed E-state index contributed by atoms with van der Waals surface area (Å²) < 4.78 is 15.9. The second-order valence-electron chi connectivity index (χ2n) is 6.58. The average molecular weight is 337 g/mol. The first kappa shape index (κ1) is 15.8. The summed E-state index contributed by atoms with van der Waals surface area (Å²) in [5.41, 5.74) is 2.41. The lowest BCUT2D eigenvalue weighted by atomic mass is 10.2. The summed E-state index contributed by atoms with van der Waals surface area (Å²) in [5.74, 6) is 0.568. The third kappa shape index (κ3) is 3.14. The van der Waals surface area contributed by atoms with Crippen molar-refractivity contribution in [3.05, 3.63) is 65.7 Å². The van der Waals surface area contributed by atoms with Gasteiger partial charge in [-0.05, 0) is 38.0 Å². The fraction of sp³-hybridized carbons (Fsp3) is 0.300. The second kappa shape index (κ2) is 6.31. The van der Waals surface area contributed by atoms with Gasteiger partial charge in [-0.15, -0.1) is 0 Å². The number of nitrogens with zero attached hydrogens (tertiary/aromatic N) is 3. The predicted octanol–water partition coefficient (Wildman–Crippen LogP) is 3.68. The molecule has 25 heavy (non-hydrogen) atoms. The van der Waals surface area contributed by atoms with Crippen LogP contribution in [0.4, 0.5) is 4.39 Å². The number of carbonyl (C=O) groups excluding carboxylic acids is 1. The fourth-order valence-electron chi connectivity index (χ4n) is 3.24. The zero-order chi connectivity index (χ0) is 17.4. The van der Waals surface area contributed by atoms with Gasteiger partial charge in [0.1, 0.15) is 18.2 Å². The normalized spacial score (nSPS) is 14.0. The summed E-state index contributed by atoms with van der Waals surface area (Å²) in [6.45, 7) is 2.46. The van der Waals surface area contributed by atoms with E-state index >= 15 is 0 Å². The minimum absolute atomic E-state index is 0.0111. The Labute approximate surface area is 145 Å². The van der Waals surface area contributed by atoms with Gasteiger partial charge >= 0.3 is 0 Å². The maximum atomic E-state index is 14.0. The van der Waals surface area contributed by atoms with E-state index in [9.17, 15) is 9.18 Å². The molecule has 128 valence electrons. The highest BCUT2D eigenvalue weighted by atomic mass is 19.1. The standard InChI is InChI=1S/C20H20FN3O/c1-14-22-18-8-4-5-9-19(18)23(14)13-20(25)24(16-10-11-16)12-15-6-2-3-7-17(15)21/h2-9,16H,10-13H2,1H3. The first-order chi connectivity index (χ1) is 12.1. The maximum Gasteiger partial charge on any atom is 0.243 e. The largest absolute Gasteiger partial charge is 0.334 e. The van der Waals surface area contributed by atoms with Crippen LogP contribution >= 0.6 is 0 Å². The van der Waals surface area contributed by atoms with E-state index < -0.39 is 0 Å². The number of imidazole rings is 1. The van der Waals surface area contributed by atoms with E-state index in [4.69, 9.17) is 0 Å². The number of amides is 1. The zero-order valence-electron chi connectivity index (χ0n) is 14.2. The Bertz CT molecular complexity index is 930. The maximum absolute atomic E-state index is 14.0. The molecule has 1 aliphatic carbocycles. The van der Waals surface area contributed by atoms with Crippen molar-refractivity contribution in [3.63, 3.8) is 0 Å². The van der Waals surface area contributed by atoms with Crippen molar-refractivity contribution < 1.29 is 9.18 Å². The quantitative estimate of drug-likeness (QED) is 0.712. The van der Waals surface area contributed by atoms with Crippen molar-refractivity contribution in [3.8, 4) is 0 Å². The van der Waals surface area contributed by atoms with Gasteiger partial charge in [-0.25, -0.2) is 9.37 Å². The molecule has 0 radical (unpaired) electrons. The lowest BCUT2D eigenvalue weighted by molar-refractivity contribution is -0.133. The number of benzene rings is 2. The molecule has 0 N–H and O–H groups in total. The third-order valence-electron chi connectivity index (χ3n) is 4.75. The van der Waals surface area contributed by atoms with Crippen LogP contribution < -0.4 is 0 Å². The fourth-order valence-corrected chi connectivity index (χ4v) is 3.24. The number of fused-ring (bicyclic) bond motifs is 1. The summed E-state index contributed by atoms with van der Waals surface area (Å²) in [5, 5.41) is 0. The lowest BCUT2D eigenvalue weighted by Crippen LogP contribution is -2.35. The molecule has 4 rings (SSSR count). The summed E-state index contributed by atoms with van der Waals surface area (Å²) in [6, 6.07) is 14.7. The van der Waals surface area contributed by atoms with E-state index in [1.165, 1.54) is 6.07 Å². The first-order valence-corrected chi connectivity index (χ1v) is 8.58. The van der Waals surface area contributed by atoms with E-state index in [2.05, 4.69) is 4.98 Å². The van der Waals surface area contributed by atoms with Gasteiger partial charge < -0.3 is 9.47 Å². The Kier molecular flexibility index (Phi) is 3.99. The van der Waals surface area contributed by atoms with Crippen LogP contribution in [-0.2, 0) is 17.9 Å². The predicted molar refractivity (Wildman–Crippen MR) is 94.4 cm³/mol. The molecule has 0 spiro atoms. The van der Waals surface area contributed by atoms with Gasteiger partial charge in [0.25, 0.3) is 0 Å². The Balaban J connectivity index is 1.59. The number of carbonyl (C=O) groups is 1. The van der Waals surface area contributed by atoms with Crippen LogP contribution in [0.1, 0.15) is 24.2 Å². The first-order valence-electron chi connectivity index (χ1n) is 8.58. The van der Waals surface area contributed by atoms with Gasteiger partial charge in [0, 0.05) is 18.2 Å². The number of aromatic nitrogens is 2. The van der Waals surface area contributed by atoms with Crippen molar-refractivity contribution in [2.45, 2.75) is 38.9 Å². The molecule has 1 amide bonds. The van der Waals surface area contributed by atoms with Crippen LogP contribution in [0.3, 0.4) is 0 Å². The topological polar surface area (TPSA) is 38.1 Å². The molecule has 5 heteroatoms. The SMILES string of the molecule is Cc1nc2ccccc2n1CC(=O)N(Cc1ccccc1F)C1CC1. The summed E-state index contributed by atoms with van der Waals surface area (Å²) in [6.07, 6.45) is 1.98. The molecule has 0 saturated heterocycles. The minimum atomic E-state index is -0.259. The van der Waals surface area contributed by atoms with E-state index in [-0.39, 0.29) is 24.3 Å². The number of rotatable bonds is 5. The molecule has 1 saturated carbocycles. The molecule has 0 atom stereocenters. The van der Waals surface area contributed by atoms with Crippen LogP contribution in [0, 0.1) is 12.7 Å². The molecule has 1 aromatic heterocycles. The van der Waals surface area contributed by atoms with Crippen LogP contribution in [0.5, 0.6) is 0 Å². The Morgan fingerprint density at radius 1 is 1.20 bits per heavy atom. The molecular weight excluding hydrogens is 317 g/mol. The number of aryl methyl sites for hydroxylation is 1. The molecule has 0 bridgehead atoms. The molecule has 4 nitrogen and oxygen atoms in total. The molecule has 1 heterocycles. The summed E-state index contributed by atoms with van der Waals surface area (Å²) in [7, 11) is 0. The lowest BCUT2D eigenvalue weighted by Gasteiger charge is -2.23. The van der Waals surface area contributed by atoms with E-state index in [1.54, 1.807) is 12.1 Å². The molecule has 2 aromatic carbocycles. The van der Waals surface area contributed by atoms with E-state index in [0.717, 1.165) is 29.7 Å². The number of hydrogen-bond donors (Lipinski definition) is 0. The van der Waals surface area contributed by atoms with Gasteiger partial charge in [-0.3, -0.25) is 4.79 Å². The Morgan fingerprint density at radius 3 is 2.68 bits per heavy atom. The molecule has 1 fully saturated rings. The minimum Gasteiger partial charge on any atom is -0.334 e. The molecule has 1 aliphatic rings. The van der Waals surface area contributed by atoms with Crippen molar-refractivity contribution in [2.24, 2.45) is 0 Å². The van der Waals surface area contributed by atoms with E-state index in [0.29, 0.717) is 12.1 Å². The summed E-state index contributed by atoms with van der Waals surface area (Å²) in [4.78, 5) is 19.3. The molecule has 3 aromatic rings. The van der Waals surface area contributed by atoms with Crippen molar-refractivity contribution in [1.82, 2.24) is 14.5 Å². The number of halogens is 1. The van der Waals surface area contributed by atoms with Crippen molar-refractivity contribution in [2.75, 3.05) is 0 Å². The van der Waals surface area contributed by atoms with Crippen LogP contribution in [0.25, 0.3) is 11.0 Å². The second-order valence-corrected chi connectivity index (χ2v) is 6.58. The number of hydrogen-bond acceptors (Lipinski definition) is 2. The number of para-hydroxylation sites is 2. The van der Waals surface area contributed by atoms with E-state index in [1.807, 2.05) is 46.7 Å². The zero-order valence-corrected chi connectivity index (χ0v) is 14.2. The third-order valence-corrected chi connectivity index (χ3v) is 4.75. The van der Waals surface area contributed by atoms with Crippen LogP contribution in [-0.4, -0.2) is 26.4 Å². The Hall–Kier alpha value is -2.69. The highest BCUT2D eigenvalue weighted by molar-refractivity contribution is 5.81. The van der Waals surface area contributed by atoms with Crippen molar-refractivity contribution in [1.29, 1.82) is 0 Å². The van der Waals surface area contributed by atoms with Gasteiger partial charge in [0.2, 0.25) is 5.91 Å². The van der Waals surface area contributed by atoms with Gasteiger partial charge in [-0.1, -0.05) is 30.3 Å². The molecule has 0 unspecified atom stereocenters. The summed E-state index contributed by atoms with van der Waals surface area (Å²) >= 11 is 0. The van der Waals surface area contributed by atoms with Gasteiger partial charge in [-0.2, -0.15) is 0 Å². The smallest absolute Gasteiger partial charge is 0.243 e. The monoisotopic (exact) mass is 337 g/mol. The highest BCUT2D eigenvalue weighted by Crippen LogP contribution is 2.29. The highest BCUT2D eigenvalue weighted by Gasteiger charge is 2.33. The van der Waals surface area contributed by atoms with Crippen LogP contribution in [0.15, 0.2) is 48.5 Å². The molecular formula is C20H20FN3O. The van der Waals surface area contributed by atoms with Crippen molar-refractivity contribution >= 4 is 16.9 Å².